The third kappa shape index (κ3) is 3.54. The van der Waals surface area contributed by atoms with Gasteiger partial charge in [-0.15, -0.1) is 0 Å². The molecule has 30 valence electrons. The molecule has 0 aliphatic rings. The molecule has 0 aromatic heterocycles. The minimum atomic E-state index is 0.824. The standard InChI is InChI=1S/C4H8O/c1-4(2)3-5/h3,5H,1-2H3/p-1. The van der Waals surface area contributed by atoms with Crippen LogP contribution in [0.3, 0.4) is 0 Å². The maximum absolute atomic E-state index is 9.47. The van der Waals surface area contributed by atoms with E-state index >= 15 is 0 Å². The Morgan fingerprint density at radius 1 is 1.60 bits per heavy atom. The molecule has 1 heteroatoms. The van der Waals surface area contributed by atoms with Gasteiger partial charge in [0.1, 0.15) is 0 Å². The number of hydrogen-bond donors (Lipinski definition) is 0. The van der Waals surface area contributed by atoms with Crippen molar-refractivity contribution in [3.05, 3.63) is 11.8 Å². The third-order valence-electron chi connectivity index (χ3n) is 0.236. The van der Waals surface area contributed by atoms with E-state index in [0.717, 1.165) is 11.8 Å². The summed E-state index contributed by atoms with van der Waals surface area (Å²) in [6, 6.07) is 0. The van der Waals surface area contributed by atoms with Crippen LogP contribution < -0.4 is 5.11 Å². The zero-order chi connectivity index (χ0) is 4.28. The molecule has 0 atom stereocenters. The van der Waals surface area contributed by atoms with E-state index in [-0.39, 0.29) is 0 Å². The Morgan fingerprint density at radius 3 is 1.80 bits per heavy atom. The van der Waals surface area contributed by atoms with Crippen molar-refractivity contribution in [3.8, 4) is 0 Å². The lowest BCUT2D eigenvalue weighted by Gasteiger charge is -1.87. The number of hydrogen-bond acceptors (Lipinski definition) is 1. The Morgan fingerprint density at radius 2 is 1.80 bits per heavy atom. The van der Waals surface area contributed by atoms with Gasteiger partial charge in [0, 0.05) is 0 Å². The van der Waals surface area contributed by atoms with Crippen molar-refractivity contribution >= 4 is 0 Å². The Hall–Kier alpha value is -0.460. The Labute approximate surface area is 31.9 Å². The van der Waals surface area contributed by atoms with Gasteiger partial charge in [0.25, 0.3) is 0 Å². The van der Waals surface area contributed by atoms with E-state index in [9.17, 15) is 5.11 Å². The molecular weight excluding hydrogens is 64.0 g/mol. The van der Waals surface area contributed by atoms with Crippen LogP contribution in [0.1, 0.15) is 13.8 Å². The predicted molar refractivity (Wildman–Crippen MR) is 19.4 cm³/mol. The summed E-state index contributed by atoms with van der Waals surface area (Å²) in [4.78, 5) is 0. The molecule has 0 heterocycles. The lowest BCUT2D eigenvalue weighted by molar-refractivity contribution is -0.276. The average molecular weight is 71.1 g/mol. The molecular formula is C4H7O-. The maximum atomic E-state index is 9.47. The summed E-state index contributed by atoms with van der Waals surface area (Å²) in [5, 5.41) is 9.47. The summed E-state index contributed by atoms with van der Waals surface area (Å²) >= 11 is 0. The van der Waals surface area contributed by atoms with Gasteiger partial charge in [0.15, 0.2) is 0 Å². The number of allylic oxidation sites excluding steroid dienone is 1. The van der Waals surface area contributed by atoms with Gasteiger partial charge < -0.3 is 5.11 Å². The van der Waals surface area contributed by atoms with Crippen molar-refractivity contribution in [2.24, 2.45) is 0 Å². The summed E-state index contributed by atoms with van der Waals surface area (Å²) in [5.74, 6) is 0. The van der Waals surface area contributed by atoms with Gasteiger partial charge in [0.05, 0.1) is 0 Å². The van der Waals surface area contributed by atoms with E-state index in [1.54, 1.807) is 13.8 Å². The monoisotopic (exact) mass is 71.1 g/mol. The van der Waals surface area contributed by atoms with E-state index in [4.69, 9.17) is 0 Å². The first-order valence-corrected chi connectivity index (χ1v) is 1.52. The highest BCUT2D eigenvalue weighted by Gasteiger charge is 1.55. The van der Waals surface area contributed by atoms with Crippen LogP contribution >= 0.6 is 0 Å². The lowest BCUT2D eigenvalue weighted by atomic mass is 10.4. The molecule has 0 N–H and O–H groups in total. The van der Waals surface area contributed by atoms with Crippen LogP contribution in [0.2, 0.25) is 0 Å². The normalized spacial score (nSPS) is 6.80. The smallest absolute Gasteiger partial charge is 0.0451 e. The van der Waals surface area contributed by atoms with Gasteiger partial charge >= 0.3 is 0 Å². The second-order valence-electron chi connectivity index (χ2n) is 1.20. The Balaban J connectivity index is 3.14. The largest absolute Gasteiger partial charge is 0.878 e. The quantitative estimate of drug-likeness (QED) is 0.376. The zero-order valence-electron chi connectivity index (χ0n) is 3.49. The van der Waals surface area contributed by atoms with Gasteiger partial charge in [-0.05, 0) is 13.8 Å². The maximum Gasteiger partial charge on any atom is -0.0451 e. The topological polar surface area (TPSA) is 23.1 Å². The Bertz CT molecular complexity index is 41.6. The Kier molecular flexibility index (Phi) is 1.65. The summed E-state index contributed by atoms with van der Waals surface area (Å²) in [6.45, 7) is 3.54. The first-order chi connectivity index (χ1) is 2.27. The van der Waals surface area contributed by atoms with Crippen LogP contribution in [-0.2, 0) is 0 Å². The molecule has 0 unspecified atom stereocenters. The molecule has 0 fully saturated rings. The molecule has 0 bridgehead atoms. The van der Waals surface area contributed by atoms with Crippen LogP contribution in [0.15, 0.2) is 11.8 Å². The van der Waals surface area contributed by atoms with E-state index < -0.39 is 0 Å². The highest BCUT2D eigenvalue weighted by atomic mass is 16.2. The summed E-state index contributed by atoms with van der Waals surface area (Å²) in [5.41, 5.74) is 0.824. The van der Waals surface area contributed by atoms with Crippen molar-refractivity contribution in [1.29, 1.82) is 0 Å². The first-order valence-electron chi connectivity index (χ1n) is 1.52. The van der Waals surface area contributed by atoms with Crippen LogP contribution in [0.4, 0.5) is 0 Å². The molecule has 0 aromatic rings. The summed E-state index contributed by atoms with van der Waals surface area (Å²) < 4.78 is 0. The molecule has 0 radical (unpaired) electrons. The van der Waals surface area contributed by atoms with Gasteiger partial charge in [-0.2, -0.15) is 6.26 Å². The fourth-order valence-corrected chi connectivity index (χ4v) is 0. The highest BCUT2D eigenvalue weighted by Crippen LogP contribution is 1.77. The second kappa shape index (κ2) is 1.82. The first kappa shape index (κ1) is 4.54. The van der Waals surface area contributed by atoms with Crippen molar-refractivity contribution in [1.82, 2.24) is 0 Å². The van der Waals surface area contributed by atoms with Crippen molar-refractivity contribution in [2.75, 3.05) is 0 Å². The molecule has 0 saturated carbocycles. The average Bonchev–Trinajstić information content (AvgIpc) is 1.38. The molecule has 0 saturated heterocycles. The van der Waals surface area contributed by atoms with E-state index in [1.165, 1.54) is 0 Å². The zero-order valence-corrected chi connectivity index (χ0v) is 3.49. The third-order valence-corrected chi connectivity index (χ3v) is 0.236. The molecule has 0 aliphatic carbocycles. The fourth-order valence-electron chi connectivity index (χ4n) is 0. The van der Waals surface area contributed by atoms with Gasteiger partial charge in [-0.1, -0.05) is 5.57 Å². The van der Waals surface area contributed by atoms with Gasteiger partial charge in [-0.3, -0.25) is 0 Å². The predicted octanol–water partition coefficient (Wildman–Crippen LogP) is 0.270. The van der Waals surface area contributed by atoms with Crippen LogP contribution in [0, 0.1) is 0 Å². The van der Waals surface area contributed by atoms with Crippen LogP contribution in [-0.4, -0.2) is 0 Å². The summed E-state index contributed by atoms with van der Waals surface area (Å²) in [6.07, 6.45) is 0.833. The molecule has 1 nitrogen and oxygen atoms in total. The molecule has 5 heavy (non-hydrogen) atoms. The van der Waals surface area contributed by atoms with Crippen LogP contribution in [0.5, 0.6) is 0 Å². The highest BCUT2D eigenvalue weighted by molar-refractivity contribution is 4.83. The molecule has 0 aromatic carbocycles. The van der Waals surface area contributed by atoms with Crippen LogP contribution in [0.25, 0.3) is 0 Å². The summed E-state index contributed by atoms with van der Waals surface area (Å²) in [7, 11) is 0. The van der Waals surface area contributed by atoms with E-state index in [1.807, 2.05) is 0 Å². The van der Waals surface area contributed by atoms with Gasteiger partial charge in [-0.25, -0.2) is 0 Å². The molecule has 0 spiro atoms. The fraction of sp³-hybridized carbons (Fsp3) is 0.500. The second-order valence-corrected chi connectivity index (χ2v) is 1.20. The van der Waals surface area contributed by atoms with E-state index in [0.29, 0.717) is 0 Å². The van der Waals surface area contributed by atoms with Gasteiger partial charge in [0.2, 0.25) is 0 Å². The molecule has 0 amide bonds. The molecule has 0 rings (SSSR count). The van der Waals surface area contributed by atoms with Crippen molar-refractivity contribution < 1.29 is 5.11 Å². The number of rotatable bonds is 0. The SMILES string of the molecule is CC(C)=C[O-]. The lowest BCUT2D eigenvalue weighted by Crippen LogP contribution is -1.85. The van der Waals surface area contributed by atoms with Crippen molar-refractivity contribution in [2.45, 2.75) is 13.8 Å². The van der Waals surface area contributed by atoms with Crippen molar-refractivity contribution in [3.63, 3.8) is 0 Å². The van der Waals surface area contributed by atoms with E-state index in [2.05, 4.69) is 0 Å². The minimum Gasteiger partial charge on any atom is -0.878 e. The minimum absolute atomic E-state index is 0.824. The molecule has 0 aliphatic heterocycles.